The highest BCUT2D eigenvalue weighted by molar-refractivity contribution is 5.77. The first-order chi connectivity index (χ1) is 12.1. The van der Waals surface area contributed by atoms with Crippen LogP contribution in [0.1, 0.15) is 35.6 Å². The van der Waals surface area contributed by atoms with E-state index in [0.717, 1.165) is 23.1 Å². The van der Waals surface area contributed by atoms with Crippen LogP contribution in [-0.4, -0.2) is 20.1 Å². The first-order valence-corrected chi connectivity index (χ1v) is 8.39. The second-order valence-electron chi connectivity index (χ2n) is 6.19. The normalized spacial score (nSPS) is 15.6. The summed E-state index contributed by atoms with van der Waals surface area (Å²) in [7, 11) is 3.20. The Bertz CT molecular complexity index is 753. The monoisotopic (exact) mass is 343 g/mol. The number of carbonyl (C=O) groups excluding carboxylic acids is 1. The van der Waals surface area contributed by atoms with Crippen molar-refractivity contribution in [3.63, 3.8) is 0 Å². The molecule has 0 spiro atoms. The quantitative estimate of drug-likeness (QED) is 0.872. The lowest BCUT2D eigenvalue weighted by Crippen LogP contribution is -2.27. The van der Waals surface area contributed by atoms with Crippen molar-refractivity contribution in [2.75, 3.05) is 14.2 Å². The molecule has 0 bridgehead atoms. The van der Waals surface area contributed by atoms with Crippen LogP contribution in [0.2, 0.25) is 0 Å². The molecule has 5 heteroatoms. The highest BCUT2D eigenvalue weighted by atomic mass is 19.1. The average Bonchev–Trinajstić information content (AvgIpc) is 3.04. The van der Waals surface area contributed by atoms with E-state index in [4.69, 9.17) is 9.47 Å². The van der Waals surface area contributed by atoms with Crippen molar-refractivity contribution in [1.29, 1.82) is 0 Å². The summed E-state index contributed by atoms with van der Waals surface area (Å²) in [6.07, 6.45) is 2.36. The molecule has 0 heterocycles. The summed E-state index contributed by atoms with van der Waals surface area (Å²) in [5.41, 5.74) is 2.60. The van der Waals surface area contributed by atoms with Crippen LogP contribution in [0, 0.1) is 5.82 Å². The third-order valence-electron chi connectivity index (χ3n) is 4.60. The van der Waals surface area contributed by atoms with Crippen molar-refractivity contribution in [3.8, 4) is 11.5 Å². The first-order valence-electron chi connectivity index (χ1n) is 8.39. The number of carbonyl (C=O) groups is 1. The predicted octanol–water partition coefficient (Wildman–Crippen LogP) is 3.58. The highest BCUT2D eigenvalue weighted by Gasteiger charge is 2.25. The maximum atomic E-state index is 13.8. The van der Waals surface area contributed by atoms with Crippen LogP contribution in [0.4, 0.5) is 4.39 Å². The Balaban J connectivity index is 1.61. The molecule has 1 unspecified atom stereocenters. The highest BCUT2D eigenvalue weighted by Crippen LogP contribution is 2.32. The van der Waals surface area contributed by atoms with Gasteiger partial charge in [-0.05, 0) is 54.2 Å². The first kappa shape index (κ1) is 17.3. The number of rotatable bonds is 6. The lowest BCUT2D eigenvalue weighted by Gasteiger charge is -2.14. The molecule has 4 nitrogen and oxygen atoms in total. The van der Waals surface area contributed by atoms with Crippen molar-refractivity contribution >= 4 is 5.91 Å². The number of halogens is 1. The molecule has 0 aromatic heterocycles. The number of benzene rings is 2. The van der Waals surface area contributed by atoms with Gasteiger partial charge in [-0.3, -0.25) is 4.79 Å². The third kappa shape index (κ3) is 3.92. The number of methoxy groups -OCH3 is 2. The molecule has 3 rings (SSSR count). The zero-order chi connectivity index (χ0) is 17.8. The molecule has 25 heavy (non-hydrogen) atoms. The fourth-order valence-corrected chi connectivity index (χ4v) is 3.29. The summed E-state index contributed by atoms with van der Waals surface area (Å²) in [5, 5.41) is 3.02. The predicted molar refractivity (Wildman–Crippen MR) is 93.5 cm³/mol. The van der Waals surface area contributed by atoms with Gasteiger partial charge in [0.15, 0.2) is 0 Å². The van der Waals surface area contributed by atoms with Crippen LogP contribution in [-0.2, 0) is 17.6 Å². The standard InChI is InChI=1S/C20H22FNO3/c1-24-14-10-13(11-15(12-14)25-2)6-9-20(23)22-19-8-7-16-17(19)4-3-5-18(16)21/h3-5,10-12,19H,6-9H2,1-2H3,(H,22,23). The minimum Gasteiger partial charge on any atom is -0.497 e. The van der Waals surface area contributed by atoms with Gasteiger partial charge in [0, 0.05) is 12.5 Å². The van der Waals surface area contributed by atoms with Crippen LogP contribution in [0.3, 0.4) is 0 Å². The Hall–Kier alpha value is -2.56. The summed E-state index contributed by atoms with van der Waals surface area (Å²) < 4.78 is 24.3. The minimum atomic E-state index is -0.183. The maximum Gasteiger partial charge on any atom is 0.220 e. The SMILES string of the molecule is COc1cc(CCC(=O)NC2CCc3c(F)cccc32)cc(OC)c1. The van der Waals surface area contributed by atoms with Crippen molar-refractivity contribution in [2.24, 2.45) is 0 Å². The summed E-state index contributed by atoms with van der Waals surface area (Å²) in [5.74, 6) is 1.19. The third-order valence-corrected chi connectivity index (χ3v) is 4.60. The van der Waals surface area contributed by atoms with Gasteiger partial charge in [0.25, 0.3) is 0 Å². The Morgan fingerprint density at radius 2 is 1.92 bits per heavy atom. The summed E-state index contributed by atoms with van der Waals surface area (Å²) in [4.78, 5) is 12.3. The largest absolute Gasteiger partial charge is 0.497 e. The van der Waals surface area contributed by atoms with E-state index in [1.54, 1.807) is 26.4 Å². The van der Waals surface area contributed by atoms with Crippen molar-refractivity contribution in [1.82, 2.24) is 5.32 Å². The van der Waals surface area contributed by atoms with Crippen molar-refractivity contribution in [3.05, 3.63) is 58.9 Å². The topological polar surface area (TPSA) is 47.6 Å². The van der Waals surface area contributed by atoms with E-state index >= 15 is 0 Å². The Labute approximate surface area is 147 Å². The maximum absolute atomic E-state index is 13.8. The fourth-order valence-electron chi connectivity index (χ4n) is 3.29. The van der Waals surface area contributed by atoms with E-state index in [9.17, 15) is 9.18 Å². The number of nitrogens with one attached hydrogen (secondary N) is 1. The van der Waals surface area contributed by atoms with E-state index in [2.05, 4.69) is 5.32 Å². The molecule has 0 saturated heterocycles. The van der Waals surface area contributed by atoms with Gasteiger partial charge < -0.3 is 14.8 Å². The number of fused-ring (bicyclic) bond motifs is 1. The Morgan fingerprint density at radius 3 is 2.60 bits per heavy atom. The molecule has 1 N–H and O–H groups in total. The number of aryl methyl sites for hydroxylation is 1. The van der Waals surface area contributed by atoms with E-state index < -0.39 is 0 Å². The molecule has 1 aliphatic rings. The van der Waals surface area contributed by atoms with Gasteiger partial charge in [-0.1, -0.05) is 12.1 Å². The fraction of sp³-hybridized carbons (Fsp3) is 0.350. The molecule has 132 valence electrons. The molecule has 1 amide bonds. The zero-order valence-corrected chi connectivity index (χ0v) is 14.5. The van der Waals surface area contributed by atoms with Crippen LogP contribution < -0.4 is 14.8 Å². The van der Waals surface area contributed by atoms with Crippen LogP contribution >= 0.6 is 0 Å². The van der Waals surface area contributed by atoms with Gasteiger partial charge in [0.05, 0.1) is 20.3 Å². The second-order valence-corrected chi connectivity index (χ2v) is 6.19. The number of ether oxygens (including phenoxy) is 2. The number of amides is 1. The molecular formula is C20H22FNO3. The Morgan fingerprint density at radius 1 is 1.20 bits per heavy atom. The lowest BCUT2D eigenvalue weighted by atomic mass is 10.1. The Kier molecular flexibility index (Phi) is 5.22. The molecule has 1 atom stereocenters. The summed E-state index contributed by atoms with van der Waals surface area (Å²) in [6.45, 7) is 0. The molecule has 0 radical (unpaired) electrons. The van der Waals surface area contributed by atoms with Crippen LogP contribution in [0.15, 0.2) is 36.4 Å². The number of hydrogen-bond donors (Lipinski definition) is 1. The lowest BCUT2D eigenvalue weighted by molar-refractivity contribution is -0.121. The molecule has 0 aliphatic heterocycles. The minimum absolute atomic E-state index is 0.0381. The van der Waals surface area contributed by atoms with Gasteiger partial charge in [0.2, 0.25) is 5.91 Å². The number of hydrogen-bond acceptors (Lipinski definition) is 3. The second kappa shape index (κ2) is 7.55. The zero-order valence-electron chi connectivity index (χ0n) is 14.5. The molecule has 2 aromatic carbocycles. The van der Waals surface area contributed by atoms with Gasteiger partial charge in [-0.15, -0.1) is 0 Å². The molecule has 1 aliphatic carbocycles. The van der Waals surface area contributed by atoms with E-state index in [1.165, 1.54) is 6.07 Å². The van der Waals surface area contributed by atoms with Gasteiger partial charge >= 0.3 is 0 Å². The van der Waals surface area contributed by atoms with E-state index in [1.807, 2.05) is 18.2 Å². The van der Waals surface area contributed by atoms with Gasteiger partial charge in [-0.25, -0.2) is 4.39 Å². The average molecular weight is 343 g/mol. The van der Waals surface area contributed by atoms with Crippen molar-refractivity contribution in [2.45, 2.75) is 31.7 Å². The molecular weight excluding hydrogens is 321 g/mol. The van der Waals surface area contributed by atoms with Crippen LogP contribution in [0.25, 0.3) is 0 Å². The van der Waals surface area contributed by atoms with Gasteiger partial charge in [0.1, 0.15) is 17.3 Å². The molecule has 2 aromatic rings. The van der Waals surface area contributed by atoms with Gasteiger partial charge in [-0.2, -0.15) is 0 Å². The van der Waals surface area contributed by atoms with E-state index in [0.29, 0.717) is 30.8 Å². The molecule has 0 saturated carbocycles. The summed E-state index contributed by atoms with van der Waals surface area (Å²) in [6, 6.07) is 10.6. The van der Waals surface area contributed by atoms with Crippen molar-refractivity contribution < 1.29 is 18.7 Å². The molecule has 0 fully saturated rings. The smallest absolute Gasteiger partial charge is 0.220 e. The summed E-state index contributed by atoms with van der Waals surface area (Å²) >= 11 is 0. The van der Waals surface area contributed by atoms with Crippen LogP contribution in [0.5, 0.6) is 11.5 Å². The van der Waals surface area contributed by atoms with E-state index in [-0.39, 0.29) is 17.8 Å².